The largest absolute Gasteiger partial charge is 0.352 e. The molecule has 2 amide bonds. The summed E-state index contributed by atoms with van der Waals surface area (Å²) in [6, 6.07) is 16.4. The van der Waals surface area contributed by atoms with Crippen LogP contribution in [0.25, 0.3) is 0 Å². The first-order valence-corrected chi connectivity index (χ1v) is 14.8. The molecule has 3 rings (SSSR count). The van der Waals surface area contributed by atoms with E-state index in [2.05, 4.69) is 5.32 Å². The van der Waals surface area contributed by atoms with Gasteiger partial charge in [0.2, 0.25) is 11.8 Å². The summed E-state index contributed by atoms with van der Waals surface area (Å²) in [6.07, 6.45) is 0. The van der Waals surface area contributed by atoms with Gasteiger partial charge in [-0.25, -0.2) is 8.42 Å². The quantitative estimate of drug-likeness (QED) is 0.301. The van der Waals surface area contributed by atoms with Crippen molar-refractivity contribution in [3.8, 4) is 0 Å². The van der Waals surface area contributed by atoms with Gasteiger partial charge in [-0.05, 0) is 75.7 Å². The Balaban J connectivity index is 2.09. The fourth-order valence-electron chi connectivity index (χ4n) is 3.97. The van der Waals surface area contributed by atoms with Gasteiger partial charge in [0.25, 0.3) is 10.0 Å². The highest BCUT2D eigenvalue weighted by atomic mass is 35.5. The van der Waals surface area contributed by atoms with Crippen molar-refractivity contribution in [1.29, 1.82) is 0 Å². The van der Waals surface area contributed by atoms with Gasteiger partial charge in [0.05, 0.1) is 10.6 Å². The zero-order valence-corrected chi connectivity index (χ0v) is 25.1. The number of amides is 2. The molecule has 1 atom stereocenters. The van der Waals surface area contributed by atoms with Gasteiger partial charge >= 0.3 is 0 Å². The third kappa shape index (κ3) is 7.45. The summed E-state index contributed by atoms with van der Waals surface area (Å²) in [5.74, 6) is -1.02. The number of nitrogens with zero attached hydrogens (tertiary/aromatic N) is 2. The number of carbonyl (C=O) groups excluding carboxylic acids is 2. The third-order valence-corrected chi connectivity index (χ3v) is 8.74. The number of hydrogen-bond donors (Lipinski definition) is 1. The molecule has 208 valence electrons. The van der Waals surface area contributed by atoms with Gasteiger partial charge in [0.1, 0.15) is 12.6 Å². The third-order valence-electron chi connectivity index (χ3n) is 6.03. The molecule has 0 aliphatic carbocycles. The Morgan fingerprint density at radius 1 is 0.897 bits per heavy atom. The minimum absolute atomic E-state index is 0.0125. The summed E-state index contributed by atoms with van der Waals surface area (Å²) in [5.41, 5.74) is 1.28. The van der Waals surface area contributed by atoms with E-state index in [0.717, 1.165) is 4.31 Å². The first kappa shape index (κ1) is 30.8. The van der Waals surface area contributed by atoms with Crippen molar-refractivity contribution in [2.24, 2.45) is 0 Å². The summed E-state index contributed by atoms with van der Waals surface area (Å²) < 4.78 is 28.7. The summed E-state index contributed by atoms with van der Waals surface area (Å²) in [7, 11) is -4.18. The van der Waals surface area contributed by atoms with Crippen LogP contribution in [0.3, 0.4) is 0 Å². The van der Waals surface area contributed by atoms with Gasteiger partial charge in [-0.2, -0.15) is 0 Å². The van der Waals surface area contributed by atoms with E-state index in [1.54, 1.807) is 82.3 Å². The molecule has 3 aromatic rings. The molecule has 1 N–H and O–H groups in total. The van der Waals surface area contributed by atoms with Crippen molar-refractivity contribution in [1.82, 2.24) is 10.2 Å². The molecule has 0 saturated carbocycles. The lowest BCUT2D eigenvalue weighted by atomic mass is 10.1. The van der Waals surface area contributed by atoms with Gasteiger partial charge in [-0.15, -0.1) is 0 Å². The number of aryl methyl sites for hydroxylation is 1. The number of benzene rings is 3. The molecule has 0 bridgehead atoms. The molecule has 7 nitrogen and oxygen atoms in total. The predicted octanol–water partition coefficient (Wildman–Crippen LogP) is 6.09. The minimum atomic E-state index is -4.18. The molecule has 0 heterocycles. The highest BCUT2D eigenvalue weighted by molar-refractivity contribution is 7.92. The van der Waals surface area contributed by atoms with Crippen LogP contribution in [-0.2, 0) is 26.2 Å². The normalized spacial score (nSPS) is 12.2. The van der Waals surface area contributed by atoms with Crippen LogP contribution in [0.1, 0.15) is 31.9 Å². The molecular weight excluding hydrogens is 581 g/mol. The maximum atomic E-state index is 14.0. The molecule has 39 heavy (non-hydrogen) atoms. The molecule has 0 spiro atoms. The summed E-state index contributed by atoms with van der Waals surface area (Å²) >= 11 is 18.9. The monoisotopic (exact) mass is 609 g/mol. The lowest BCUT2D eigenvalue weighted by Crippen LogP contribution is -2.52. The average Bonchev–Trinajstić information content (AvgIpc) is 2.87. The van der Waals surface area contributed by atoms with Crippen molar-refractivity contribution >= 4 is 62.3 Å². The van der Waals surface area contributed by atoms with E-state index in [9.17, 15) is 18.0 Å². The van der Waals surface area contributed by atoms with E-state index in [4.69, 9.17) is 34.8 Å². The van der Waals surface area contributed by atoms with Crippen LogP contribution in [0.4, 0.5) is 5.69 Å². The zero-order chi connectivity index (χ0) is 28.9. The number of halogens is 3. The van der Waals surface area contributed by atoms with Crippen molar-refractivity contribution in [2.75, 3.05) is 10.8 Å². The molecule has 0 aliphatic rings. The van der Waals surface area contributed by atoms with E-state index < -0.39 is 34.4 Å². The molecule has 3 aromatic carbocycles. The second-order valence-electron chi connectivity index (χ2n) is 9.32. The fourth-order valence-corrected chi connectivity index (χ4v) is 6.22. The Morgan fingerprint density at radius 2 is 1.51 bits per heavy atom. The molecule has 0 fully saturated rings. The van der Waals surface area contributed by atoms with Crippen LogP contribution in [-0.4, -0.2) is 43.8 Å². The minimum Gasteiger partial charge on any atom is -0.352 e. The van der Waals surface area contributed by atoms with Gasteiger partial charge in [0.15, 0.2) is 0 Å². The maximum absolute atomic E-state index is 14.0. The Bertz CT molecular complexity index is 1430. The van der Waals surface area contributed by atoms with E-state index in [0.29, 0.717) is 26.2 Å². The highest BCUT2D eigenvalue weighted by Crippen LogP contribution is 2.30. The van der Waals surface area contributed by atoms with Crippen LogP contribution >= 0.6 is 34.8 Å². The SMILES string of the molecule is Cc1cc(Cl)ccc1N(CC(=O)N(Cc1c(Cl)cccc1Cl)[C@H](C)C(=O)NC(C)C)S(=O)(=O)c1ccccc1. The number of nitrogens with one attached hydrogen (secondary N) is 1. The van der Waals surface area contributed by atoms with Crippen LogP contribution in [0, 0.1) is 6.92 Å². The summed E-state index contributed by atoms with van der Waals surface area (Å²) in [5, 5.41) is 3.87. The first-order chi connectivity index (χ1) is 18.3. The van der Waals surface area contributed by atoms with Crippen LogP contribution < -0.4 is 9.62 Å². The molecule has 0 unspecified atom stereocenters. The number of hydrogen-bond acceptors (Lipinski definition) is 4. The molecular formula is C28H30Cl3N3O4S. The van der Waals surface area contributed by atoms with Crippen molar-refractivity contribution in [2.45, 2.75) is 51.2 Å². The van der Waals surface area contributed by atoms with Gasteiger partial charge < -0.3 is 10.2 Å². The van der Waals surface area contributed by atoms with Gasteiger partial charge in [-0.1, -0.05) is 59.1 Å². The van der Waals surface area contributed by atoms with Gasteiger partial charge in [-0.3, -0.25) is 13.9 Å². The van der Waals surface area contributed by atoms with Crippen molar-refractivity contribution in [3.05, 3.63) is 92.9 Å². The zero-order valence-electron chi connectivity index (χ0n) is 22.0. The van der Waals surface area contributed by atoms with E-state index >= 15 is 0 Å². The topological polar surface area (TPSA) is 86.8 Å². The van der Waals surface area contributed by atoms with E-state index in [1.165, 1.54) is 17.0 Å². The first-order valence-electron chi connectivity index (χ1n) is 12.2. The van der Waals surface area contributed by atoms with Crippen molar-refractivity contribution < 1.29 is 18.0 Å². The molecule has 0 radical (unpaired) electrons. The molecule has 0 aliphatic heterocycles. The molecule has 0 saturated heterocycles. The maximum Gasteiger partial charge on any atom is 0.264 e. The van der Waals surface area contributed by atoms with E-state index in [1.807, 2.05) is 0 Å². The lowest BCUT2D eigenvalue weighted by Gasteiger charge is -2.33. The standard InChI is InChI=1S/C28H30Cl3N3O4S/c1-18(2)32-28(36)20(4)33(16-23-24(30)11-8-12-25(23)31)27(35)17-34(26-14-13-21(29)15-19(26)3)39(37,38)22-9-6-5-7-10-22/h5-15,18,20H,16-17H2,1-4H3,(H,32,36)/t20-/m1/s1. The summed E-state index contributed by atoms with van der Waals surface area (Å²) in [4.78, 5) is 28.3. The smallest absolute Gasteiger partial charge is 0.264 e. The van der Waals surface area contributed by atoms with Crippen molar-refractivity contribution in [3.63, 3.8) is 0 Å². The fraction of sp³-hybridized carbons (Fsp3) is 0.286. The predicted molar refractivity (Wildman–Crippen MR) is 157 cm³/mol. The second-order valence-corrected chi connectivity index (χ2v) is 12.4. The Kier molecular flexibility index (Phi) is 10.3. The number of anilines is 1. The number of rotatable bonds is 10. The Labute approximate surface area is 244 Å². The van der Waals surface area contributed by atoms with Crippen LogP contribution in [0.2, 0.25) is 15.1 Å². The number of sulfonamides is 1. The Morgan fingerprint density at radius 3 is 2.08 bits per heavy atom. The lowest BCUT2D eigenvalue weighted by molar-refractivity contribution is -0.139. The molecule has 11 heteroatoms. The highest BCUT2D eigenvalue weighted by Gasteiger charge is 2.33. The average molecular weight is 611 g/mol. The summed E-state index contributed by atoms with van der Waals surface area (Å²) in [6.45, 7) is 6.20. The Hall–Kier alpha value is -2.78. The van der Waals surface area contributed by atoms with E-state index in [-0.39, 0.29) is 23.2 Å². The second kappa shape index (κ2) is 13.0. The number of carbonyl (C=O) groups is 2. The molecule has 0 aromatic heterocycles. The van der Waals surface area contributed by atoms with Gasteiger partial charge in [0, 0.05) is 33.2 Å². The van der Waals surface area contributed by atoms with Crippen LogP contribution in [0.15, 0.2) is 71.6 Å². The van der Waals surface area contributed by atoms with Crippen LogP contribution in [0.5, 0.6) is 0 Å².